The average Bonchev–Trinajstić information content (AvgIpc) is 2.71. The Kier molecular flexibility index (Phi) is 3.23. The molecule has 0 aromatic carbocycles. The maximum absolute atomic E-state index is 6.27. The molecular formula is C11H21NO. The SMILES string of the molecule is NC(C1CCCCC1)C1CCOC1. The maximum atomic E-state index is 6.27. The van der Waals surface area contributed by atoms with Crippen molar-refractivity contribution in [2.45, 2.75) is 44.6 Å². The van der Waals surface area contributed by atoms with Gasteiger partial charge in [-0.25, -0.2) is 0 Å². The van der Waals surface area contributed by atoms with E-state index in [4.69, 9.17) is 10.5 Å². The molecule has 1 aliphatic heterocycles. The van der Waals surface area contributed by atoms with Crippen LogP contribution in [0.1, 0.15) is 38.5 Å². The first-order valence-electron chi connectivity index (χ1n) is 5.71. The van der Waals surface area contributed by atoms with Gasteiger partial charge in [0, 0.05) is 12.6 Å². The summed E-state index contributed by atoms with van der Waals surface area (Å²) in [5.74, 6) is 1.45. The highest BCUT2D eigenvalue weighted by molar-refractivity contribution is 4.84. The molecule has 2 nitrogen and oxygen atoms in total. The smallest absolute Gasteiger partial charge is 0.0510 e. The zero-order valence-corrected chi connectivity index (χ0v) is 8.37. The Labute approximate surface area is 80.8 Å². The Hall–Kier alpha value is -0.0800. The van der Waals surface area contributed by atoms with Crippen LogP contribution in [0.5, 0.6) is 0 Å². The van der Waals surface area contributed by atoms with Crippen LogP contribution in [0.2, 0.25) is 0 Å². The molecule has 2 rings (SSSR count). The van der Waals surface area contributed by atoms with Gasteiger partial charge in [0.1, 0.15) is 0 Å². The molecule has 2 N–H and O–H groups in total. The van der Waals surface area contributed by atoms with Crippen molar-refractivity contribution in [3.05, 3.63) is 0 Å². The van der Waals surface area contributed by atoms with Crippen LogP contribution >= 0.6 is 0 Å². The summed E-state index contributed by atoms with van der Waals surface area (Å²) in [6.07, 6.45) is 8.12. The minimum atomic E-state index is 0.419. The molecule has 0 aromatic rings. The summed E-state index contributed by atoms with van der Waals surface area (Å²) in [5.41, 5.74) is 6.27. The highest BCUT2D eigenvalue weighted by Crippen LogP contribution is 2.30. The second kappa shape index (κ2) is 4.43. The van der Waals surface area contributed by atoms with Crippen molar-refractivity contribution in [3.63, 3.8) is 0 Å². The van der Waals surface area contributed by atoms with Crippen molar-refractivity contribution in [1.29, 1.82) is 0 Å². The molecule has 1 saturated carbocycles. The van der Waals surface area contributed by atoms with E-state index < -0.39 is 0 Å². The Bertz CT molecular complexity index is 148. The van der Waals surface area contributed by atoms with Crippen LogP contribution in [0.3, 0.4) is 0 Å². The second-order valence-corrected chi connectivity index (χ2v) is 4.60. The minimum absolute atomic E-state index is 0.419. The molecule has 13 heavy (non-hydrogen) atoms. The molecule has 0 aromatic heterocycles. The molecule has 2 atom stereocenters. The van der Waals surface area contributed by atoms with E-state index in [2.05, 4.69) is 0 Å². The molecule has 2 aliphatic rings. The highest BCUT2D eigenvalue weighted by Gasteiger charge is 2.29. The topological polar surface area (TPSA) is 35.2 Å². The fourth-order valence-electron chi connectivity index (χ4n) is 2.76. The Morgan fingerprint density at radius 3 is 2.38 bits per heavy atom. The zero-order chi connectivity index (χ0) is 9.10. The Morgan fingerprint density at radius 1 is 1.00 bits per heavy atom. The largest absolute Gasteiger partial charge is 0.381 e. The first-order chi connectivity index (χ1) is 6.38. The van der Waals surface area contributed by atoms with Gasteiger partial charge in [-0.2, -0.15) is 0 Å². The van der Waals surface area contributed by atoms with E-state index in [-0.39, 0.29) is 0 Å². The van der Waals surface area contributed by atoms with Crippen LogP contribution in [-0.4, -0.2) is 19.3 Å². The third-order valence-electron chi connectivity index (χ3n) is 3.70. The zero-order valence-electron chi connectivity index (χ0n) is 8.37. The number of nitrogens with two attached hydrogens (primary N) is 1. The van der Waals surface area contributed by atoms with E-state index in [0.717, 1.165) is 19.1 Å². The molecular weight excluding hydrogens is 162 g/mol. The summed E-state index contributed by atoms with van der Waals surface area (Å²) in [5, 5.41) is 0. The molecule has 2 fully saturated rings. The van der Waals surface area contributed by atoms with Crippen LogP contribution in [0, 0.1) is 11.8 Å². The van der Waals surface area contributed by atoms with Crippen LogP contribution in [0.15, 0.2) is 0 Å². The van der Waals surface area contributed by atoms with Crippen molar-refractivity contribution >= 4 is 0 Å². The molecule has 0 spiro atoms. The minimum Gasteiger partial charge on any atom is -0.381 e. The summed E-state index contributed by atoms with van der Waals surface area (Å²) < 4.78 is 5.39. The Morgan fingerprint density at radius 2 is 1.77 bits per heavy atom. The molecule has 2 unspecified atom stereocenters. The number of ether oxygens (including phenoxy) is 1. The van der Waals surface area contributed by atoms with Crippen molar-refractivity contribution in [3.8, 4) is 0 Å². The fourth-order valence-corrected chi connectivity index (χ4v) is 2.76. The molecule has 0 bridgehead atoms. The number of hydrogen-bond donors (Lipinski definition) is 1. The van der Waals surface area contributed by atoms with Crippen molar-refractivity contribution in [2.24, 2.45) is 17.6 Å². The lowest BCUT2D eigenvalue weighted by Crippen LogP contribution is -2.38. The van der Waals surface area contributed by atoms with Crippen LogP contribution in [0.4, 0.5) is 0 Å². The van der Waals surface area contributed by atoms with Crippen molar-refractivity contribution < 1.29 is 4.74 Å². The van der Waals surface area contributed by atoms with Crippen LogP contribution in [0.25, 0.3) is 0 Å². The predicted octanol–water partition coefficient (Wildman–Crippen LogP) is 1.93. The quantitative estimate of drug-likeness (QED) is 0.710. The van der Waals surface area contributed by atoms with E-state index in [1.54, 1.807) is 0 Å². The van der Waals surface area contributed by atoms with Gasteiger partial charge in [-0.1, -0.05) is 19.3 Å². The van der Waals surface area contributed by atoms with E-state index in [9.17, 15) is 0 Å². The summed E-state index contributed by atoms with van der Waals surface area (Å²) in [6, 6.07) is 0.419. The van der Waals surface area contributed by atoms with Crippen molar-refractivity contribution in [1.82, 2.24) is 0 Å². The normalized spacial score (nSPS) is 33.5. The average molecular weight is 183 g/mol. The van der Waals surface area contributed by atoms with Crippen molar-refractivity contribution in [2.75, 3.05) is 13.2 Å². The summed E-state index contributed by atoms with van der Waals surface area (Å²) in [4.78, 5) is 0. The molecule has 76 valence electrons. The number of hydrogen-bond acceptors (Lipinski definition) is 2. The fraction of sp³-hybridized carbons (Fsp3) is 1.00. The molecule has 0 radical (unpaired) electrons. The lowest BCUT2D eigenvalue weighted by Gasteiger charge is -2.30. The van der Waals surface area contributed by atoms with Gasteiger partial charge < -0.3 is 10.5 Å². The van der Waals surface area contributed by atoms with Crippen LogP contribution < -0.4 is 5.73 Å². The van der Waals surface area contributed by atoms with E-state index in [0.29, 0.717) is 12.0 Å². The number of rotatable bonds is 2. The Balaban J connectivity index is 1.83. The second-order valence-electron chi connectivity index (χ2n) is 4.60. The van der Waals surface area contributed by atoms with Gasteiger partial charge in [0.25, 0.3) is 0 Å². The van der Waals surface area contributed by atoms with Gasteiger partial charge in [-0.15, -0.1) is 0 Å². The third kappa shape index (κ3) is 2.23. The molecule has 1 saturated heterocycles. The van der Waals surface area contributed by atoms with Gasteiger partial charge in [0.2, 0.25) is 0 Å². The standard InChI is InChI=1S/C11H21NO/c12-11(10-6-7-13-8-10)9-4-2-1-3-5-9/h9-11H,1-8,12H2. The van der Waals surface area contributed by atoms with Gasteiger partial charge in [-0.05, 0) is 31.1 Å². The first-order valence-corrected chi connectivity index (χ1v) is 5.71. The van der Waals surface area contributed by atoms with Gasteiger partial charge in [0.15, 0.2) is 0 Å². The molecule has 0 amide bonds. The first kappa shape index (κ1) is 9.47. The monoisotopic (exact) mass is 183 g/mol. The van der Waals surface area contributed by atoms with E-state index in [1.807, 2.05) is 0 Å². The van der Waals surface area contributed by atoms with Gasteiger partial charge in [-0.3, -0.25) is 0 Å². The lowest BCUT2D eigenvalue weighted by molar-refractivity contribution is 0.166. The predicted molar refractivity (Wildman–Crippen MR) is 53.5 cm³/mol. The third-order valence-corrected chi connectivity index (χ3v) is 3.70. The summed E-state index contributed by atoms with van der Waals surface area (Å²) in [6.45, 7) is 1.85. The molecule has 2 heteroatoms. The van der Waals surface area contributed by atoms with Crippen LogP contribution in [-0.2, 0) is 4.74 Å². The van der Waals surface area contributed by atoms with E-state index >= 15 is 0 Å². The lowest BCUT2D eigenvalue weighted by atomic mass is 9.79. The molecule has 1 heterocycles. The molecule has 1 aliphatic carbocycles. The maximum Gasteiger partial charge on any atom is 0.0510 e. The van der Waals surface area contributed by atoms with Gasteiger partial charge in [0.05, 0.1) is 6.61 Å². The summed E-state index contributed by atoms with van der Waals surface area (Å²) in [7, 11) is 0. The summed E-state index contributed by atoms with van der Waals surface area (Å²) >= 11 is 0. The van der Waals surface area contributed by atoms with E-state index in [1.165, 1.54) is 38.5 Å². The van der Waals surface area contributed by atoms with Gasteiger partial charge >= 0.3 is 0 Å². The highest BCUT2D eigenvalue weighted by atomic mass is 16.5.